The molecule has 5 rings (SSSR count). The van der Waals surface area contributed by atoms with Gasteiger partial charge in [-0.3, -0.25) is 9.59 Å². The van der Waals surface area contributed by atoms with Crippen LogP contribution in [0, 0.1) is 34.5 Å². The topological polar surface area (TPSA) is 125 Å². The predicted molar refractivity (Wildman–Crippen MR) is 151 cm³/mol. The third-order valence-electron chi connectivity index (χ3n) is 11.4. The molecular weight excluding hydrogens is 530 g/mol. The second-order valence-electron chi connectivity index (χ2n) is 13.5. The zero-order valence-corrected chi connectivity index (χ0v) is 25.7. The molecule has 0 amide bonds. The molecule has 1 aliphatic heterocycles. The van der Waals surface area contributed by atoms with Gasteiger partial charge in [-0.05, 0) is 49.4 Å². The Morgan fingerprint density at radius 2 is 1.93 bits per heavy atom. The molecule has 222 valence electrons. The number of aliphatic hydroxyl groups is 3. The lowest BCUT2D eigenvalue weighted by Gasteiger charge is -2.67. The van der Waals surface area contributed by atoms with Gasteiger partial charge in [0.05, 0.1) is 41.8 Å². The van der Waals surface area contributed by atoms with Crippen LogP contribution >= 0.6 is 11.3 Å². The van der Waals surface area contributed by atoms with Crippen LogP contribution in [-0.4, -0.2) is 70.2 Å². The SMILES string of the molecule is CN[C@@H](c1cccs1)[C@@H](C)C(=O)O[C@H]1C[C@@]2(O)C(C)C3[C@]4(O)CO[C@@H]4C[C@H](O)[C@@]3(C)C(=O)[C@H](C)C(=C1C)C2(C)C. The number of fused-ring (bicyclic) bond motifs is 5. The van der Waals surface area contributed by atoms with E-state index in [9.17, 15) is 24.9 Å². The van der Waals surface area contributed by atoms with Crippen LogP contribution in [0.4, 0.5) is 0 Å². The molecule has 3 aliphatic carbocycles. The molecule has 2 saturated carbocycles. The Labute approximate surface area is 241 Å². The molecule has 2 heterocycles. The van der Waals surface area contributed by atoms with E-state index in [0.717, 1.165) is 16.0 Å². The van der Waals surface area contributed by atoms with E-state index in [2.05, 4.69) is 5.32 Å². The van der Waals surface area contributed by atoms with E-state index in [-0.39, 0.29) is 37.2 Å². The minimum absolute atomic E-state index is 0.0545. The zero-order valence-electron chi connectivity index (χ0n) is 24.9. The minimum Gasteiger partial charge on any atom is -0.457 e. The highest BCUT2D eigenvalue weighted by atomic mass is 32.1. The molecule has 3 fully saturated rings. The van der Waals surface area contributed by atoms with Gasteiger partial charge in [0, 0.05) is 35.0 Å². The number of thiophene rings is 1. The highest BCUT2D eigenvalue weighted by Crippen LogP contribution is 2.65. The number of ether oxygens (including phenoxy) is 2. The molecule has 40 heavy (non-hydrogen) atoms. The number of hydrogen-bond acceptors (Lipinski definition) is 9. The van der Waals surface area contributed by atoms with E-state index in [1.54, 1.807) is 18.3 Å². The highest BCUT2D eigenvalue weighted by molar-refractivity contribution is 7.10. The Kier molecular flexibility index (Phi) is 7.25. The fourth-order valence-electron chi connectivity index (χ4n) is 9.10. The molecule has 4 N–H and O–H groups in total. The van der Waals surface area contributed by atoms with Crippen LogP contribution in [0.3, 0.4) is 0 Å². The lowest BCUT2D eigenvalue weighted by molar-refractivity contribution is -0.335. The van der Waals surface area contributed by atoms with Gasteiger partial charge in [0.15, 0.2) is 0 Å². The molecule has 9 heteroatoms. The van der Waals surface area contributed by atoms with Crippen molar-refractivity contribution in [1.82, 2.24) is 5.32 Å². The lowest BCUT2D eigenvalue weighted by atomic mass is 9.42. The van der Waals surface area contributed by atoms with E-state index in [4.69, 9.17) is 9.47 Å². The molecule has 2 unspecified atom stereocenters. The molecular formula is C31H45NO7S. The smallest absolute Gasteiger partial charge is 0.311 e. The first-order valence-electron chi connectivity index (χ1n) is 14.5. The second kappa shape index (κ2) is 9.71. The van der Waals surface area contributed by atoms with Gasteiger partial charge >= 0.3 is 5.97 Å². The summed E-state index contributed by atoms with van der Waals surface area (Å²) in [7, 11) is 1.82. The Balaban J connectivity index is 1.58. The first kappa shape index (κ1) is 29.9. The van der Waals surface area contributed by atoms with Crippen molar-refractivity contribution >= 4 is 23.1 Å². The molecule has 8 nitrogen and oxygen atoms in total. The van der Waals surface area contributed by atoms with Crippen molar-refractivity contribution in [3.8, 4) is 0 Å². The summed E-state index contributed by atoms with van der Waals surface area (Å²) in [4.78, 5) is 29.0. The first-order valence-corrected chi connectivity index (χ1v) is 15.4. The van der Waals surface area contributed by atoms with E-state index < -0.39 is 64.0 Å². The molecule has 2 bridgehead atoms. The maximum absolute atomic E-state index is 14.4. The van der Waals surface area contributed by atoms with Crippen molar-refractivity contribution in [3.63, 3.8) is 0 Å². The van der Waals surface area contributed by atoms with Crippen LogP contribution in [-0.2, 0) is 19.1 Å². The van der Waals surface area contributed by atoms with Gasteiger partial charge in [-0.15, -0.1) is 11.3 Å². The van der Waals surface area contributed by atoms with Crippen LogP contribution in [0.1, 0.15) is 72.2 Å². The first-order chi connectivity index (χ1) is 18.6. The molecule has 1 saturated heterocycles. The Morgan fingerprint density at radius 1 is 1.25 bits per heavy atom. The predicted octanol–water partition coefficient (Wildman–Crippen LogP) is 3.41. The average Bonchev–Trinajstić information content (AvgIpc) is 3.42. The van der Waals surface area contributed by atoms with Crippen LogP contribution in [0.25, 0.3) is 0 Å². The molecule has 0 aromatic carbocycles. The van der Waals surface area contributed by atoms with Crippen molar-refractivity contribution in [2.24, 2.45) is 34.5 Å². The summed E-state index contributed by atoms with van der Waals surface area (Å²) >= 11 is 1.57. The molecule has 0 radical (unpaired) electrons. The third-order valence-corrected chi connectivity index (χ3v) is 12.4. The van der Waals surface area contributed by atoms with Crippen molar-refractivity contribution in [3.05, 3.63) is 33.5 Å². The number of rotatable bonds is 5. The number of carbonyl (C=O) groups excluding carboxylic acids is 2. The second-order valence-corrected chi connectivity index (χ2v) is 14.5. The molecule has 4 aliphatic rings. The van der Waals surface area contributed by atoms with Gasteiger partial charge in [-0.25, -0.2) is 0 Å². The fraction of sp³-hybridized carbons (Fsp3) is 0.742. The molecule has 1 aromatic heterocycles. The number of aliphatic hydroxyl groups excluding tert-OH is 1. The zero-order chi connectivity index (χ0) is 29.6. The Hall–Kier alpha value is -1.62. The minimum atomic E-state index is -1.44. The molecule has 11 atom stereocenters. The van der Waals surface area contributed by atoms with Crippen LogP contribution in [0.2, 0.25) is 0 Å². The van der Waals surface area contributed by atoms with E-state index >= 15 is 0 Å². The van der Waals surface area contributed by atoms with Gasteiger partial charge < -0.3 is 30.1 Å². The monoisotopic (exact) mass is 575 g/mol. The summed E-state index contributed by atoms with van der Waals surface area (Å²) in [5.74, 6) is -3.05. The summed E-state index contributed by atoms with van der Waals surface area (Å²) in [6, 6.07) is 3.72. The third kappa shape index (κ3) is 3.81. The highest BCUT2D eigenvalue weighted by Gasteiger charge is 2.73. The van der Waals surface area contributed by atoms with Gasteiger partial charge in [0.1, 0.15) is 17.5 Å². The number of nitrogens with one attached hydrogen (secondary N) is 1. The van der Waals surface area contributed by atoms with Gasteiger partial charge in [-0.2, -0.15) is 0 Å². The lowest BCUT2D eigenvalue weighted by Crippen LogP contribution is -2.78. The number of Topliss-reactive ketones (excluding diaryl/α,β-unsaturated/α-hetero) is 1. The quantitative estimate of drug-likeness (QED) is 0.311. The normalized spacial score (nSPS) is 43.9. The van der Waals surface area contributed by atoms with E-state index in [0.29, 0.717) is 0 Å². The van der Waals surface area contributed by atoms with Crippen LogP contribution in [0.5, 0.6) is 0 Å². The maximum Gasteiger partial charge on any atom is 0.311 e. The van der Waals surface area contributed by atoms with Crippen molar-refractivity contribution in [1.29, 1.82) is 0 Å². The van der Waals surface area contributed by atoms with E-state index in [1.807, 2.05) is 66.1 Å². The number of ketones is 1. The van der Waals surface area contributed by atoms with Gasteiger partial charge in [0.2, 0.25) is 0 Å². The summed E-state index contributed by atoms with van der Waals surface area (Å²) in [6.07, 6.45) is -2.05. The summed E-state index contributed by atoms with van der Waals surface area (Å²) in [5.41, 5.74) is -3.40. The number of carbonyl (C=O) groups is 2. The van der Waals surface area contributed by atoms with Gasteiger partial charge in [0.25, 0.3) is 0 Å². The summed E-state index contributed by atoms with van der Waals surface area (Å²) in [5, 5.41) is 41.2. The van der Waals surface area contributed by atoms with Crippen LogP contribution < -0.4 is 5.32 Å². The molecule has 1 aromatic rings. The van der Waals surface area contributed by atoms with Crippen molar-refractivity contribution < 1.29 is 34.4 Å². The summed E-state index contributed by atoms with van der Waals surface area (Å²) < 4.78 is 11.9. The fourth-order valence-corrected chi connectivity index (χ4v) is 10.0. The Morgan fingerprint density at radius 3 is 2.48 bits per heavy atom. The number of esters is 1. The standard InChI is InChI=1S/C31H45NO7S/c1-15-19(39-27(35)17(3)24(32-8)20-10-9-11-40-20)13-31(37)18(4)25-29(7,21(33)12-22-30(25,36)14-38-22)26(34)16(2)23(15)28(31,5)6/h9-11,16-19,21-22,24-25,32-33,36-37H,12-14H2,1-8H3/t16-,17-,18?,19+,21+,22-,24-,25?,29-,30+,31-/m1/s1. The molecule has 0 spiro atoms. The van der Waals surface area contributed by atoms with E-state index in [1.165, 1.54) is 0 Å². The summed E-state index contributed by atoms with van der Waals surface area (Å²) in [6.45, 7) is 13.1. The average molecular weight is 576 g/mol. The van der Waals surface area contributed by atoms with Crippen LogP contribution in [0.15, 0.2) is 28.7 Å². The Bertz CT molecular complexity index is 1210. The van der Waals surface area contributed by atoms with Crippen molar-refractivity contribution in [2.75, 3.05) is 13.7 Å². The van der Waals surface area contributed by atoms with Gasteiger partial charge in [-0.1, -0.05) is 40.7 Å². The maximum atomic E-state index is 14.4. The largest absolute Gasteiger partial charge is 0.457 e. The number of hydrogen-bond donors (Lipinski definition) is 4. The van der Waals surface area contributed by atoms with Crippen molar-refractivity contribution in [2.45, 2.75) is 96.9 Å².